The zero-order chi connectivity index (χ0) is 5.82. The number of hydrogen-bond donors (Lipinski definition) is 0. The molecule has 0 unspecified atom stereocenters. The molecular weight excluding hydrogens is 187 g/mol. The van der Waals surface area contributed by atoms with Crippen LogP contribution in [0.1, 0.15) is 5.56 Å². The van der Waals surface area contributed by atoms with Crippen LogP contribution in [0.2, 0.25) is 0 Å². The summed E-state index contributed by atoms with van der Waals surface area (Å²) in [5, 5.41) is 0. The minimum Gasteiger partial charge on any atom is -0.0985 e. The molecule has 0 saturated carbocycles. The maximum atomic E-state index is 3.63. The Kier molecular flexibility index (Phi) is 9.02. The zero-order valence-electron chi connectivity index (χ0n) is 4.97. The molecule has 1 aromatic rings. The molecule has 0 nitrogen and oxygen atoms in total. The Balaban J connectivity index is 0. The van der Waals surface area contributed by atoms with Gasteiger partial charge in [0, 0.05) is 17.1 Å². The van der Waals surface area contributed by atoms with Crippen molar-refractivity contribution in [3.8, 4) is 0 Å². The normalized spacial score (nSPS) is 6.80. The first-order valence-electron chi connectivity index (χ1n) is 2.61. The van der Waals surface area contributed by atoms with Crippen LogP contribution in [0.5, 0.6) is 0 Å². The Labute approximate surface area is 82.9 Å². The molecule has 0 amide bonds. The topological polar surface area (TPSA) is 0 Å². The van der Waals surface area contributed by atoms with Crippen molar-refractivity contribution in [2.75, 3.05) is 0 Å². The van der Waals surface area contributed by atoms with Gasteiger partial charge >= 0.3 is 0 Å². The molecule has 0 N–H and O–H groups in total. The molecule has 0 bridgehead atoms. The standard InChI is InChI=1S/C8H8.Al.Cu.3H/c1-2-8-6-4-3-5-7-8;;;;;/h2-7H,1H2;;;;;. The van der Waals surface area contributed by atoms with Gasteiger partial charge < -0.3 is 0 Å². The summed E-state index contributed by atoms with van der Waals surface area (Å²) in [4.78, 5) is 0. The molecule has 57 valence electrons. The molecule has 0 aromatic heterocycles. The first-order valence-corrected chi connectivity index (χ1v) is 2.61. The van der Waals surface area contributed by atoms with Gasteiger partial charge in [0.15, 0.2) is 17.4 Å². The number of benzene rings is 1. The van der Waals surface area contributed by atoms with E-state index in [4.69, 9.17) is 0 Å². The van der Waals surface area contributed by atoms with E-state index in [1.54, 1.807) is 0 Å². The van der Waals surface area contributed by atoms with Gasteiger partial charge in [-0.1, -0.05) is 43.0 Å². The average Bonchev–Trinajstić information content (AvgIpc) is 1.90. The summed E-state index contributed by atoms with van der Waals surface area (Å²) < 4.78 is 0. The van der Waals surface area contributed by atoms with E-state index >= 15 is 0 Å². The van der Waals surface area contributed by atoms with Crippen molar-refractivity contribution >= 4 is 23.4 Å². The van der Waals surface area contributed by atoms with Gasteiger partial charge in [-0.3, -0.25) is 0 Å². The van der Waals surface area contributed by atoms with E-state index < -0.39 is 0 Å². The van der Waals surface area contributed by atoms with Crippen LogP contribution < -0.4 is 0 Å². The van der Waals surface area contributed by atoms with Crippen molar-refractivity contribution in [2.45, 2.75) is 0 Å². The van der Waals surface area contributed by atoms with Crippen molar-refractivity contribution in [2.24, 2.45) is 0 Å². The van der Waals surface area contributed by atoms with E-state index in [1.165, 1.54) is 5.56 Å². The van der Waals surface area contributed by atoms with Crippen molar-refractivity contribution in [3.05, 3.63) is 42.5 Å². The SMILES string of the molecule is C=Cc1ccccc1.[AlH3].[Cu]. The van der Waals surface area contributed by atoms with Gasteiger partial charge in [-0.05, 0) is 5.56 Å². The fourth-order valence-corrected chi connectivity index (χ4v) is 0.589. The monoisotopic (exact) mass is 197 g/mol. The first kappa shape index (κ1) is 12.7. The summed E-state index contributed by atoms with van der Waals surface area (Å²) in [7, 11) is 0. The van der Waals surface area contributed by atoms with Crippen LogP contribution in [0.25, 0.3) is 6.08 Å². The molecule has 0 aliphatic carbocycles. The quantitative estimate of drug-likeness (QED) is 0.593. The molecule has 0 aliphatic rings. The van der Waals surface area contributed by atoms with E-state index in [1.807, 2.05) is 36.4 Å². The van der Waals surface area contributed by atoms with E-state index in [2.05, 4.69) is 6.58 Å². The molecule has 0 atom stereocenters. The van der Waals surface area contributed by atoms with Crippen LogP contribution in [0.3, 0.4) is 0 Å². The van der Waals surface area contributed by atoms with Gasteiger partial charge in [-0.25, -0.2) is 0 Å². The first-order chi connectivity index (χ1) is 3.93. The summed E-state index contributed by atoms with van der Waals surface area (Å²) in [5.41, 5.74) is 1.17. The average molecular weight is 198 g/mol. The Morgan fingerprint density at radius 3 is 1.90 bits per heavy atom. The second-order valence-electron chi connectivity index (χ2n) is 1.61. The maximum absolute atomic E-state index is 3.63. The third-order valence-corrected chi connectivity index (χ3v) is 1.04. The van der Waals surface area contributed by atoms with Crippen LogP contribution in [0.4, 0.5) is 0 Å². The summed E-state index contributed by atoms with van der Waals surface area (Å²) in [5.74, 6) is 0. The molecule has 1 aromatic carbocycles. The van der Waals surface area contributed by atoms with Crippen LogP contribution in [0.15, 0.2) is 36.9 Å². The molecule has 10 heavy (non-hydrogen) atoms. The number of rotatable bonds is 1. The fraction of sp³-hybridized carbons (Fsp3) is 0. The second-order valence-corrected chi connectivity index (χ2v) is 1.61. The van der Waals surface area contributed by atoms with E-state index in [0.29, 0.717) is 0 Å². The van der Waals surface area contributed by atoms with Crippen LogP contribution in [-0.2, 0) is 17.1 Å². The van der Waals surface area contributed by atoms with Crippen molar-refractivity contribution in [1.29, 1.82) is 0 Å². The Bertz CT molecular complexity index is 172. The zero-order valence-corrected chi connectivity index (χ0v) is 5.91. The van der Waals surface area contributed by atoms with Gasteiger partial charge in [-0.15, -0.1) is 0 Å². The van der Waals surface area contributed by atoms with Crippen molar-refractivity contribution < 1.29 is 17.1 Å². The van der Waals surface area contributed by atoms with Gasteiger partial charge in [0.1, 0.15) is 0 Å². The summed E-state index contributed by atoms with van der Waals surface area (Å²) in [6.07, 6.45) is 1.83. The molecule has 1 radical (unpaired) electrons. The minimum atomic E-state index is 0. The van der Waals surface area contributed by atoms with Crippen LogP contribution in [-0.4, -0.2) is 17.4 Å². The molecule has 2 heteroatoms. The van der Waals surface area contributed by atoms with Gasteiger partial charge in [0.05, 0.1) is 0 Å². The van der Waals surface area contributed by atoms with E-state index in [0.717, 1.165) is 0 Å². The van der Waals surface area contributed by atoms with E-state index in [9.17, 15) is 0 Å². The van der Waals surface area contributed by atoms with E-state index in [-0.39, 0.29) is 34.4 Å². The molecule has 0 fully saturated rings. The van der Waals surface area contributed by atoms with Gasteiger partial charge in [0.2, 0.25) is 0 Å². The van der Waals surface area contributed by atoms with Gasteiger partial charge in [-0.2, -0.15) is 0 Å². The largest absolute Gasteiger partial charge is 0.187 e. The van der Waals surface area contributed by atoms with Crippen molar-refractivity contribution in [1.82, 2.24) is 0 Å². The summed E-state index contributed by atoms with van der Waals surface area (Å²) in [6, 6.07) is 10.0. The van der Waals surface area contributed by atoms with Crippen LogP contribution in [0, 0.1) is 0 Å². The summed E-state index contributed by atoms with van der Waals surface area (Å²) >= 11 is 0. The molecular formula is C8H11AlCu. The molecule has 0 saturated heterocycles. The molecule has 0 spiro atoms. The second kappa shape index (κ2) is 7.12. The third-order valence-electron chi connectivity index (χ3n) is 1.04. The number of hydrogen-bond acceptors (Lipinski definition) is 0. The van der Waals surface area contributed by atoms with Crippen molar-refractivity contribution in [3.63, 3.8) is 0 Å². The Hall–Kier alpha value is 0.0119. The molecule has 0 heterocycles. The Morgan fingerprint density at radius 1 is 1.10 bits per heavy atom. The fourth-order valence-electron chi connectivity index (χ4n) is 0.589. The third kappa shape index (κ3) is 3.93. The predicted octanol–water partition coefficient (Wildman–Crippen LogP) is 1.14. The minimum absolute atomic E-state index is 0. The van der Waals surface area contributed by atoms with Gasteiger partial charge in [0.25, 0.3) is 0 Å². The van der Waals surface area contributed by atoms with Crippen LogP contribution >= 0.6 is 0 Å². The predicted molar refractivity (Wildman–Crippen MR) is 46.5 cm³/mol. The Morgan fingerprint density at radius 2 is 1.60 bits per heavy atom. The maximum Gasteiger partial charge on any atom is 0.187 e. The molecule has 1 rings (SSSR count). The molecule has 0 aliphatic heterocycles. The summed E-state index contributed by atoms with van der Waals surface area (Å²) in [6.45, 7) is 3.63. The smallest absolute Gasteiger partial charge is 0.0985 e.